The Morgan fingerprint density at radius 3 is 2.86 bits per heavy atom. The van der Waals surface area contributed by atoms with E-state index in [0.717, 1.165) is 30.4 Å². The van der Waals surface area contributed by atoms with Gasteiger partial charge in [0.1, 0.15) is 12.4 Å². The Balaban J connectivity index is 1.47. The van der Waals surface area contributed by atoms with Gasteiger partial charge in [0.2, 0.25) is 0 Å². The standard InChI is InChI=1S/C23H28N2O3/c1-17-11-12-19(22(15-17)28-16-18-7-3-2-4-8-18)24-23(26)25-13-14-27-21-10-6-5-9-20(21)25/h2-4,7-8,11-12,15,20-21H,5-6,9-10,13-14,16H2,1H3,(H,24,26)/t20-,21+/m1/s1. The normalized spacial score (nSPS) is 21.7. The van der Waals surface area contributed by atoms with Crippen LogP contribution in [0.15, 0.2) is 48.5 Å². The monoisotopic (exact) mass is 380 g/mol. The molecule has 0 bridgehead atoms. The lowest BCUT2D eigenvalue weighted by Crippen LogP contribution is -2.56. The average Bonchev–Trinajstić information content (AvgIpc) is 2.74. The Bertz CT molecular complexity index is 807. The largest absolute Gasteiger partial charge is 0.487 e. The van der Waals surface area contributed by atoms with Crippen LogP contribution in [0.1, 0.15) is 36.8 Å². The van der Waals surface area contributed by atoms with Crippen molar-refractivity contribution >= 4 is 11.7 Å². The molecule has 28 heavy (non-hydrogen) atoms. The predicted molar refractivity (Wildman–Crippen MR) is 110 cm³/mol. The van der Waals surface area contributed by atoms with Gasteiger partial charge in [-0.05, 0) is 43.0 Å². The third kappa shape index (κ3) is 4.30. The molecule has 2 fully saturated rings. The number of carbonyl (C=O) groups is 1. The van der Waals surface area contributed by atoms with E-state index in [0.29, 0.717) is 31.2 Å². The second-order valence-corrected chi connectivity index (χ2v) is 7.66. The quantitative estimate of drug-likeness (QED) is 0.833. The van der Waals surface area contributed by atoms with Crippen LogP contribution in [0.4, 0.5) is 10.5 Å². The molecule has 2 atom stereocenters. The highest BCUT2D eigenvalue weighted by Gasteiger charge is 2.36. The van der Waals surface area contributed by atoms with Crippen LogP contribution in [0, 0.1) is 6.92 Å². The molecule has 1 saturated heterocycles. The van der Waals surface area contributed by atoms with Crippen LogP contribution in [0.25, 0.3) is 0 Å². The van der Waals surface area contributed by atoms with Crippen LogP contribution in [-0.2, 0) is 11.3 Å². The highest BCUT2D eigenvalue weighted by atomic mass is 16.5. The van der Waals surface area contributed by atoms with Crippen LogP contribution >= 0.6 is 0 Å². The molecule has 2 aromatic carbocycles. The van der Waals surface area contributed by atoms with Gasteiger partial charge in [0.25, 0.3) is 0 Å². The van der Waals surface area contributed by atoms with Gasteiger partial charge in [0.05, 0.1) is 24.4 Å². The molecule has 5 nitrogen and oxygen atoms in total. The second kappa shape index (κ2) is 8.65. The van der Waals surface area contributed by atoms with Crippen molar-refractivity contribution in [2.45, 2.75) is 51.4 Å². The first-order valence-corrected chi connectivity index (χ1v) is 10.2. The number of nitrogens with one attached hydrogen (secondary N) is 1. The topological polar surface area (TPSA) is 50.8 Å². The van der Waals surface area contributed by atoms with E-state index in [-0.39, 0.29) is 18.2 Å². The summed E-state index contributed by atoms with van der Waals surface area (Å²) in [5.74, 6) is 0.700. The minimum absolute atomic E-state index is 0.0615. The van der Waals surface area contributed by atoms with Crippen molar-refractivity contribution in [3.8, 4) is 5.75 Å². The highest BCUT2D eigenvalue weighted by Crippen LogP contribution is 2.31. The Labute approximate surface area is 166 Å². The van der Waals surface area contributed by atoms with Crippen molar-refractivity contribution < 1.29 is 14.3 Å². The van der Waals surface area contributed by atoms with Crippen molar-refractivity contribution in [3.63, 3.8) is 0 Å². The number of anilines is 1. The maximum Gasteiger partial charge on any atom is 0.322 e. The molecule has 1 aliphatic carbocycles. The van der Waals surface area contributed by atoms with Gasteiger partial charge in [-0.1, -0.05) is 49.2 Å². The van der Waals surface area contributed by atoms with Crippen LogP contribution in [0.5, 0.6) is 5.75 Å². The summed E-state index contributed by atoms with van der Waals surface area (Å²) in [5, 5.41) is 3.08. The number of benzene rings is 2. The van der Waals surface area contributed by atoms with E-state index in [2.05, 4.69) is 5.32 Å². The first-order valence-electron chi connectivity index (χ1n) is 10.2. The van der Waals surface area contributed by atoms with Gasteiger partial charge < -0.3 is 19.7 Å². The van der Waals surface area contributed by atoms with Gasteiger partial charge in [0, 0.05) is 6.54 Å². The van der Waals surface area contributed by atoms with Crippen molar-refractivity contribution in [1.82, 2.24) is 4.90 Å². The molecular formula is C23H28N2O3. The summed E-state index contributed by atoms with van der Waals surface area (Å²) in [5.41, 5.74) is 2.91. The number of aryl methyl sites for hydroxylation is 1. The van der Waals surface area contributed by atoms with Crippen LogP contribution in [0.2, 0.25) is 0 Å². The van der Waals surface area contributed by atoms with Crippen molar-refractivity contribution in [3.05, 3.63) is 59.7 Å². The molecule has 0 aromatic heterocycles. The average molecular weight is 380 g/mol. The number of hydrogen-bond acceptors (Lipinski definition) is 3. The third-order valence-corrected chi connectivity index (χ3v) is 5.61. The first kappa shape index (κ1) is 18.8. The first-order chi connectivity index (χ1) is 13.7. The van der Waals surface area contributed by atoms with E-state index in [1.807, 2.05) is 60.4 Å². The second-order valence-electron chi connectivity index (χ2n) is 7.66. The van der Waals surface area contributed by atoms with Crippen molar-refractivity contribution in [2.75, 3.05) is 18.5 Å². The number of ether oxygens (including phenoxy) is 2. The molecule has 0 unspecified atom stereocenters. The van der Waals surface area contributed by atoms with Crippen molar-refractivity contribution in [1.29, 1.82) is 0 Å². The fourth-order valence-electron chi connectivity index (χ4n) is 4.12. The Morgan fingerprint density at radius 2 is 2.00 bits per heavy atom. The van der Waals surface area contributed by atoms with Gasteiger partial charge in [-0.25, -0.2) is 4.79 Å². The number of rotatable bonds is 4. The molecule has 0 radical (unpaired) electrons. The summed E-state index contributed by atoms with van der Waals surface area (Å²) in [6, 6.07) is 16.1. The molecular weight excluding hydrogens is 352 g/mol. The SMILES string of the molecule is Cc1ccc(NC(=O)N2CCO[C@H]3CCCC[C@H]32)c(OCc2ccccc2)c1. The summed E-state index contributed by atoms with van der Waals surface area (Å²) >= 11 is 0. The lowest BCUT2D eigenvalue weighted by atomic mass is 9.90. The van der Waals surface area contributed by atoms with E-state index < -0.39 is 0 Å². The van der Waals surface area contributed by atoms with Gasteiger partial charge >= 0.3 is 6.03 Å². The molecule has 5 heteroatoms. The molecule has 2 aliphatic rings. The van der Waals surface area contributed by atoms with Crippen LogP contribution in [0.3, 0.4) is 0 Å². The van der Waals surface area contributed by atoms with E-state index in [4.69, 9.17) is 9.47 Å². The number of amides is 2. The summed E-state index contributed by atoms with van der Waals surface area (Å²) in [7, 11) is 0. The lowest BCUT2D eigenvalue weighted by Gasteiger charge is -2.43. The number of morpholine rings is 1. The molecule has 1 N–H and O–H groups in total. The van der Waals surface area contributed by atoms with E-state index >= 15 is 0 Å². The zero-order valence-corrected chi connectivity index (χ0v) is 16.4. The summed E-state index contributed by atoms with van der Waals surface area (Å²) in [6.07, 6.45) is 4.59. The third-order valence-electron chi connectivity index (χ3n) is 5.61. The molecule has 2 aromatic rings. The molecule has 148 valence electrons. The fourth-order valence-corrected chi connectivity index (χ4v) is 4.12. The summed E-state index contributed by atoms with van der Waals surface area (Å²) in [6.45, 7) is 3.74. The minimum atomic E-state index is -0.0615. The highest BCUT2D eigenvalue weighted by molar-refractivity contribution is 5.91. The van der Waals surface area contributed by atoms with Crippen molar-refractivity contribution in [2.24, 2.45) is 0 Å². The fraction of sp³-hybridized carbons (Fsp3) is 0.435. The molecule has 0 spiro atoms. The molecule has 1 saturated carbocycles. The minimum Gasteiger partial charge on any atom is -0.487 e. The number of carbonyl (C=O) groups excluding carboxylic acids is 1. The summed E-state index contributed by atoms with van der Waals surface area (Å²) in [4.78, 5) is 15.0. The lowest BCUT2D eigenvalue weighted by molar-refractivity contribution is -0.0694. The maximum atomic E-state index is 13.0. The number of nitrogens with zero attached hydrogens (tertiary/aromatic N) is 1. The van der Waals surface area contributed by atoms with Gasteiger partial charge in [-0.15, -0.1) is 0 Å². The van der Waals surface area contributed by atoms with Gasteiger partial charge in [-0.2, -0.15) is 0 Å². The summed E-state index contributed by atoms with van der Waals surface area (Å²) < 4.78 is 11.9. The van der Waals surface area contributed by atoms with Crippen LogP contribution < -0.4 is 10.1 Å². The van der Waals surface area contributed by atoms with E-state index in [9.17, 15) is 4.79 Å². The molecule has 1 aliphatic heterocycles. The number of hydrogen-bond donors (Lipinski definition) is 1. The Hall–Kier alpha value is -2.53. The molecule has 2 amide bonds. The Morgan fingerprint density at radius 1 is 1.18 bits per heavy atom. The smallest absolute Gasteiger partial charge is 0.322 e. The van der Waals surface area contributed by atoms with Gasteiger partial charge in [0.15, 0.2) is 0 Å². The van der Waals surface area contributed by atoms with E-state index in [1.165, 1.54) is 6.42 Å². The predicted octanol–water partition coefficient (Wildman–Crippen LogP) is 4.75. The van der Waals surface area contributed by atoms with E-state index in [1.54, 1.807) is 0 Å². The maximum absolute atomic E-state index is 13.0. The zero-order valence-electron chi connectivity index (χ0n) is 16.4. The number of fused-ring (bicyclic) bond motifs is 1. The zero-order chi connectivity index (χ0) is 19.3. The molecule has 1 heterocycles. The van der Waals surface area contributed by atoms with Gasteiger partial charge in [-0.3, -0.25) is 0 Å². The Kier molecular flexibility index (Phi) is 5.81. The number of urea groups is 1. The molecule has 4 rings (SSSR count). The van der Waals surface area contributed by atoms with Crippen LogP contribution in [-0.4, -0.2) is 36.2 Å².